The van der Waals surface area contributed by atoms with E-state index < -0.39 is 16.1 Å². The topological polar surface area (TPSA) is 23.0 Å². The minimum absolute atomic E-state index is 0.900. The standard InChI is InChI=1S/C78H54N2OSi2/c1-6-25-55(26-7-1)56-27-22-37-63(51-56)82(59-29-8-2-9-30-59,60-31-10-3-11-32-60)64-38-23-28-57(52-64)79-71-42-19-16-39-66(71)69-53-58(47-49-73(69)79)80-72-43-20-17-41-68(72)78-74(80)44-24-46-77(78)83(61-33-12-4-13-34-61,62-35-14-5-15-36-62)65-48-50-76-70(54-65)67-40-18-21-45-75(67)81-76/h1-54H. The molecule has 5 heteroatoms. The van der Waals surface area contributed by atoms with E-state index in [2.05, 4.69) is 337 Å². The van der Waals surface area contributed by atoms with Gasteiger partial charge in [-0.05, 0) is 113 Å². The second-order valence-electron chi connectivity index (χ2n) is 21.9. The van der Waals surface area contributed by atoms with Gasteiger partial charge in [-0.15, -0.1) is 0 Å². The highest BCUT2D eigenvalue weighted by molar-refractivity contribution is 7.21. The molecule has 0 amide bonds. The van der Waals surface area contributed by atoms with Gasteiger partial charge in [0.25, 0.3) is 0 Å². The van der Waals surface area contributed by atoms with Crippen molar-refractivity contribution in [3.63, 3.8) is 0 Å². The third-order valence-corrected chi connectivity index (χ3v) is 27.1. The lowest BCUT2D eigenvalue weighted by atomic mass is 10.1. The summed E-state index contributed by atoms with van der Waals surface area (Å²) in [6.45, 7) is 0. The number of furan rings is 1. The Labute approximate surface area is 483 Å². The summed E-state index contributed by atoms with van der Waals surface area (Å²) >= 11 is 0. The first-order chi connectivity index (χ1) is 41.2. The molecule has 390 valence electrons. The van der Waals surface area contributed by atoms with E-state index in [1.807, 2.05) is 0 Å². The van der Waals surface area contributed by atoms with Crippen LogP contribution in [0.2, 0.25) is 0 Å². The van der Waals surface area contributed by atoms with Crippen molar-refractivity contribution in [3.05, 3.63) is 328 Å². The van der Waals surface area contributed by atoms with Crippen molar-refractivity contribution in [2.45, 2.75) is 0 Å². The minimum Gasteiger partial charge on any atom is -0.456 e. The van der Waals surface area contributed by atoms with Crippen molar-refractivity contribution in [3.8, 4) is 22.5 Å². The van der Waals surface area contributed by atoms with E-state index in [9.17, 15) is 0 Å². The first-order valence-electron chi connectivity index (χ1n) is 28.6. The maximum Gasteiger partial charge on any atom is 0.180 e. The second kappa shape index (κ2) is 19.7. The molecule has 0 aliphatic rings. The number of hydrogen-bond donors (Lipinski definition) is 0. The average Bonchev–Trinajstić information content (AvgIpc) is 2.59. The van der Waals surface area contributed by atoms with E-state index in [1.165, 1.54) is 90.7 Å². The highest BCUT2D eigenvalue weighted by Gasteiger charge is 2.44. The van der Waals surface area contributed by atoms with Gasteiger partial charge >= 0.3 is 0 Å². The van der Waals surface area contributed by atoms with Crippen molar-refractivity contribution < 1.29 is 4.42 Å². The van der Waals surface area contributed by atoms with Gasteiger partial charge in [0.2, 0.25) is 0 Å². The Balaban J connectivity index is 0.917. The summed E-state index contributed by atoms with van der Waals surface area (Å²) in [7, 11) is -6.08. The monoisotopic (exact) mass is 1090 g/mol. The fourth-order valence-electron chi connectivity index (χ4n) is 14.1. The largest absolute Gasteiger partial charge is 0.456 e. The van der Waals surface area contributed by atoms with Gasteiger partial charge in [-0.1, -0.05) is 267 Å². The summed E-state index contributed by atoms with van der Waals surface area (Å²) in [6.07, 6.45) is 0. The third-order valence-electron chi connectivity index (χ3n) is 17.6. The summed E-state index contributed by atoms with van der Waals surface area (Å²) in [4.78, 5) is 0. The molecule has 0 atom stereocenters. The van der Waals surface area contributed by atoms with Crippen molar-refractivity contribution in [1.29, 1.82) is 0 Å². The maximum absolute atomic E-state index is 6.50. The Morgan fingerprint density at radius 3 is 1.35 bits per heavy atom. The molecule has 0 aliphatic carbocycles. The number of nitrogens with zero attached hydrogens (tertiary/aromatic N) is 2. The number of hydrogen-bond acceptors (Lipinski definition) is 1. The Bertz CT molecular complexity index is 5010. The summed E-state index contributed by atoms with van der Waals surface area (Å²) in [6, 6.07) is 122. The van der Waals surface area contributed by atoms with E-state index in [0.29, 0.717) is 0 Å². The van der Waals surface area contributed by atoms with Crippen LogP contribution in [0.4, 0.5) is 0 Å². The molecule has 0 N–H and O–H groups in total. The van der Waals surface area contributed by atoms with Crippen LogP contribution in [0.5, 0.6) is 0 Å². The van der Waals surface area contributed by atoms with E-state index in [1.54, 1.807) is 0 Å². The molecule has 3 heterocycles. The van der Waals surface area contributed by atoms with Gasteiger partial charge in [0.05, 0.1) is 22.1 Å². The molecule has 16 aromatic rings. The molecular weight excluding hydrogens is 1040 g/mol. The van der Waals surface area contributed by atoms with Crippen LogP contribution in [-0.2, 0) is 0 Å². The van der Waals surface area contributed by atoms with Crippen LogP contribution >= 0.6 is 0 Å². The Hall–Kier alpha value is -10.3. The van der Waals surface area contributed by atoms with Crippen molar-refractivity contribution in [2.75, 3.05) is 0 Å². The molecule has 0 bridgehead atoms. The summed E-state index contributed by atoms with van der Waals surface area (Å²) in [5, 5.41) is 17.9. The molecule has 83 heavy (non-hydrogen) atoms. The molecule has 0 unspecified atom stereocenters. The predicted octanol–water partition coefficient (Wildman–Crippen LogP) is 14.2. The first-order valence-corrected chi connectivity index (χ1v) is 32.6. The maximum atomic E-state index is 6.50. The molecule has 3 nitrogen and oxygen atoms in total. The third kappa shape index (κ3) is 7.55. The van der Waals surface area contributed by atoms with Gasteiger partial charge in [0.1, 0.15) is 11.2 Å². The molecular formula is C78H54N2OSi2. The van der Waals surface area contributed by atoms with Gasteiger partial charge in [-0.2, -0.15) is 0 Å². The van der Waals surface area contributed by atoms with Crippen LogP contribution in [0, 0.1) is 0 Å². The number of rotatable bonds is 11. The van der Waals surface area contributed by atoms with Gasteiger partial charge < -0.3 is 13.6 Å². The number of fused-ring (bicyclic) bond motifs is 9. The molecule has 13 aromatic carbocycles. The Kier molecular flexibility index (Phi) is 11.6. The molecule has 0 spiro atoms. The summed E-state index contributed by atoms with van der Waals surface area (Å²) in [5.41, 5.74) is 11.2. The number of para-hydroxylation sites is 3. The van der Waals surface area contributed by atoms with Crippen molar-refractivity contribution >= 4 is 123 Å². The van der Waals surface area contributed by atoms with Gasteiger partial charge in [0, 0.05) is 43.7 Å². The van der Waals surface area contributed by atoms with Crippen LogP contribution in [0.3, 0.4) is 0 Å². The lowest BCUT2D eigenvalue weighted by molar-refractivity contribution is 0.669. The number of benzene rings is 13. The molecule has 0 saturated heterocycles. The van der Waals surface area contributed by atoms with Crippen LogP contribution in [-0.4, -0.2) is 25.3 Å². The lowest BCUT2D eigenvalue weighted by Crippen LogP contribution is -2.74. The fraction of sp³-hybridized carbons (Fsp3) is 0. The highest BCUT2D eigenvalue weighted by Crippen LogP contribution is 2.38. The Morgan fingerprint density at radius 1 is 0.229 bits per heavy atom. The quantitative estimate of drug-likeness (QED) is 0.0935. The number of aromatic nitrogens is 2. The van der Waals surface area contributed by atoms with Crippen LogP contribution in [0.25, 0.3) is 88.1 Å². The van der Waals surface area contributed by atoms with E-state index in [-0.39, 0.29) is 0 Å². The van der Waals surface area contributed by atoms with Crippen LogP contribution in [0.15, 0.2) is 332 Å². The average molecular weight is 1090 g/mol. The first kappa shape index (κ1) is 48.6. The fourth-order valence-corrected chi connectivity index (χ4v) is 23.9. The minimum atomic E-state index is -3.12. The van der Waals surface area contributed by atoms with Crippen LogP contribution in [0.1, 0.15) is 0 Å². The van der Waals surface area contributed by atoms with E-state index in [0.717, 1.165) is 38.8 Å². The lowest BCUT2D eigenvalue weighted by Gasteiger charge is -2.35. The summed E-state index contributed by atoms with van der Waals surface area (Å²) in [5.74, 6) is 0. The Morgan fingerprint density at radius 2 is 0.675 bits per heavy atom. The molecule has 0 aliphatic heterocycles. The second-order valence-corrected chi connectivity index (χ2v) is 29.5. The molecule has 0 saturated carbocycles. The van der Waals surface area contributed by atoms with Crippen molar-refractivity contribution in [2.24, 2.45) is 0 Å². The molecule has 0 radical (unpaired) electrons. The van der Waals surface area contributed by atoms with Crippen molar-refractivity contribution in [1.82, 2.24) is 9.13 Å². The van der Waals surface area contributed by atoms with Gasteiger partial charge in [-0.3, -0.25) is 0 Å². The normalized spacial score (nSPS) is 12.1. The summed E-state index contributed by atoms with van der Waals surface area (Å²) < 4.78 is 11.5. The zero-order valence-electron chi connectivity index (χ0n) is 45.5. The molecule has 16 rings (SSSR count). The van der Waals surface area contributed by atoms with Gasteiger partial charge in [0.15, 0.2) is 16.1 Å². The smallest absolute Gasteiger partial charge is 0.180 e. The van der Waals surface area contributed by atoms with E-state index >= 15 is 0 Å². The SMILES string of the molecule is c1ccc(-c2cccc([Si](c3ccccc3)(c3ccccc3)c3cccc(-n4c5ccccc5c5cc(-n6c7ccccc7c7c([Si](c8ccccc8)(c8ccccc8)c8ccc9oc%10ccccc%10c9c8)cccc76)ccc54)c3)c2)cc1. The molecule has 0 fully saturated rings. The zero-order valence-corrected chi connectivity index (χ0v) is 47.5. The van der Waals surface area contributed by atoms with Crippen LogP contribution < -0.4 is 41.5 Å². The predicted molar refractivity (Wildman–Crippen MR) is 355 cm³/mol. The highest BCUT2D eigenvalue weighted by atomic mass is 28.3. The van der Waals surface area contributed by atoms with E-state index in [4.69, 9.17) is 4.42 Å². The molecule has 3 aromatic heterocycles. The zero-order chi connectivity index (χ0) is 54.9. The van der Waals surface area contributed by atoms with Gasteiger partial charge in [-0.25, -0.2) is 0 Å².